The number of nitrogens with zero attached hydrogens (tertiary/aromatic N) is 4. The Morgan fingerprint density at radius 3 is 2.76 bits per heavy atom. The zero-order chi connectivity index (χ0) is 22.8. The summed E-state index contributed by atoms with van der Waals surface area (Å²) in [6, 6.07) is 12.4. The highest BCUT2D eigenvalue weighted by atomic mass is 16.5. The van der Waals surface area contributed by atoms with Crippen LogP contribution in [-0.4, -0.2) is 33.4 Å². The molecule has 4 aromatic rings. The molecule has 3 N–H and O–H groups in total. The second-order valence-corrected chi connectivity index (χ2v) is 8.26. The first-order valence-corrected chi connectivity index (χ1v) is 11.0. The summed E-state index contributed by atoms with van der Waals surface area (Å²) >= 11 is 0. The lowest BCUT2D eigenvalue weighted by Gasteiger charge is -2.19. The van der Waals surface area contributed by atoms with Gasteiger partial charge in [-0.15, -0.1) is 0 Å². The third-order valence-electron chi connectivity index (χ3n) is 5.70. The van der Waals surface area contributed by atoms with Crippen molar-refractivity contribution >= 4 is 23.1 Å². The lowest BCUT2D eigenvalue weighted by Crippen LogP contribution is -2.23. The molecule has 0 atom stereocenters. The van der Waals surface area contributed by atoms with E-state index in [0.29, 0.717) is 11.8 Å². The molecule has 8 nitrogen and oxygen atoms in total. The van der Waals surface area contributed by atoms with Crippen molar-refractivity contribution in [3.63, 3.8) is 0 Å². The quantitative estimate of drug-likeness (QED) is 0.410. The van der Waals surface area contributed by atoms with Gasteiger partial charge in [0.25, 0.3) is 0 Å². The number of nitrogens with one attached hydrogen (secondary N) is 3. The van der Waals surface area contributed by atoms with E-state index in [2.05, 4.69) is 44.2 Å². The highest BCUT2D eigenvalue weighted by Crippen LogP contribution is 2.31. The summed E-state index contributed by atoms with van der Waals surface area (Å²) in [6.45, 7) is 3.93. The Bertz CT molecular complexity index is 1300. The standard InChI is InChI=1S/C25H27N7O/c1-16-8-21(11-22(9-16)33-3)30-25-27-14-23(19-13-28-32(2)15-19)24(31-25)29-20-5-4-17-6-7-26-12-18(17)10-20/h4-5,8-11,13-15,26H,6-7,12H2,1-3H3,(H2,27,29,30,31). The summed E-state index contributed by atoms with van der Waals surface area (Å²) in [6.07, 6.45) is 6.65. The van der Waals surface area contributed by atoms with Gasteiger partial charge in [-0.1, -0.05) is 6.07 Å². The van der Waals surface area contributed by atoms with Crippen molar-refractivity contribution in [2.45, 2.75) is 19.9 Å². The van der Waals surface area contributed by atoms with Crippen LogP contribution in [0.3, 0.4) is 0 Å². The number of rotatable bonds is 6. The molecule has 0 saturated heterocycles. The Balaban J connectivity index is 1.50. The van der Waals surface area contributed by atoms with E-state index in [1.807, 2.05) is 50.8 Å². The van der Waals surface area contributed by atoms with Gasteiger partial charge in [0, 0.05) is 54.6 Å². The maximum atomic E-state index is 5.39. The molecular weight excluding hydrogens is 414 g/mol. The van der Waals surface area contributed by atoms with Gasteiger partial charge in [0.15, 0.2) is 0 Å². The van der Waals surface area contributed by atoms with E-state index >= 15 is 0 Å². The van der Waals surface area contributed by atoms with Crippen LogP contribution in [0.2, 0.25) is 0 Å². The molecule has 2 aromatic heterocycles. The maximum absolute atomic E-state index is 5.39. The van der Waals surface area contributed by atoms with Crippen molar-refractivity contribution in [1.29, 1.82) is 0 Å². The van der Waals surface area contributed by atoms with Gasteiger partial charge in [-0.3, -0.25) is 4.68 Å². The van der Waals surface area contributed by atoms with Crippen LogP contribution in [0.25, 0.3) is 11.1 Å². The lowest BCUT2D eigenvalue weighted by atomic mass is 10.0. The molecule has 33 heavy (non-hydrogen) atoms. The molecule has 0 bridgehead atoms. The van der Waals surface area contributed by atoms with E-state index in [0.717, 1.165) is 53.3 Å². The third-order valence-corrected chi connectivity index (χ3v) is 5.70. The second-order valence-electron chi connectivity index (χ2n) is 8.26. The van der Waals surface area contributed by atoms with Crippen molar-refractivity contribution in [1.82, 2.24) is 25.1 Å². The van der Waals surface area contributed by atoms with Gasteiger partial charge in [-0.2, -0.15) is 10.1 Å². The minimum absolute atomic E-state index is 0.498. The minimum Gasteiger partial charge on any atom is -0.497 e. The first-order chi connectivity index (χ1) is 16.1. The monoisotopic (exact) mass is 441 g/mol. The normalized spacial score (nSPS) is 12.8. The summed E-state index contributed by atoms with van der Waals surface area (Å²) in [5.74, 6) is 1.99. The molecule has 0 fully saturated rings. The average Bonchev–Trinajstić information content (AvgIpc) is 3.24. The molecule has 8 heteroatoms. The highest BCUT2D eigenvalue weighted by Gasteiger charge is 2.14. The zero-order valence-corrected chi connectivity index (χ0v) is 19.0. The van der Waals surface area contributed by atoms with Crippen LogP contribution in [0.5, 0.6) is 5.75 Å². The molecular formula is C25H27N7O. The number of fused-ring (bicyclic) bond motifs is 1. The Hall–Kier alpha value is -3.91. The molecule has 0 unspecified atom stereocenters. The van der Waals surface area contributed by atoms with Gasteiger partial charge in [0.1, 0.15) is 11.6 Å². The third kappa shape index (κ3) is 4.65. The van der Waals surface area contributed by atoms with Gasteiger partial charge >= 0.3 is 0 Å². The predicted octanol–water partition coefficient (Wildman–Crippen LogP) is 4.33. The smallest absolute Gasteiger partial charge is 0.229 e. The number of hydrogen-bond donors (Lipinski definition) is 3. The first-order valence-electron chi connectivity index (χ1n) is 11.0. The zero-order valence-electron chi connectivity index (χ0n) is 19.0. The van der Waals surface area contributed by atoms with E-state index < -0.39 is 0 Å². The fourth-order valence-corrected chi connectivity index (χ4v) is 4.07. The van der Waals surface area contributed by atoms with Crippen LogP contribution in [0, 0.1) is 6.92 Å². The van der Waals surface area contributed by atoms with E-state index in [-0.39, 0.29) is 0 Å². The summed E-state index contributed by atoms with van der Waals surface area (Å²) in [5, 5.41) is 14.6. The van der Waals surface area contributed by atoms with Crippen LogP contribution < -0.4 is 20.7 Å². The summed E-state index contributed by atoms with van der Waals surface area (Å²) < 4.78 is 7.17. The molecule has 0 saturated carbocycles. The summed E-state index contributed by atoms with van der Waals surface area (Å²) in [5.41, 5.74) is 7.48. The SMILES string of the molecule is COc1cc(C)cc(Nc2ncc(-c3cnn(C)c3)c(Nc3ccc4c(c3)CNCC4)n2)c1. The van der Waals surface area contributed by atoms with Crippen molar-refractivity contribution in [2.75, 3.05) is 24.3 Å². The number of aromatic nitrogens is 4. The molecule has 0 amide bonds. The molecule has 168 valence electrons. The van der Waals surface area contributed by atoms with E-state index in [1.54, 1.807) is 11.8 Å². The molecule has 0 spiro atoms. The molecule has 1 aliphatic heterocycles. The van der Waals surface area contributed by atoms with E-state index in [9.17, 15) is 0 Å². The molecule has 2 aromatic carbocycles. The minimum atomic E-state index is 0.498. The number of methoxy groups -OCH3 is 1. The Morgan fingerprint density at radius 2 is 1.94 bits per heavy atom. The predicted molar refractivity (Wildman–Crippen MR) is 130 cm³/mol. The fourth-order valence-electron chi connectivity index (χ4n) is 4.07. The highest BCUT2D eigenvalue weighted by molar-refractivity contribution is 5.78. The summed E-state index contributed by atoms with van der Waals surface area (Å²) in [4.78, 5) is 9.39. The molecule has 5 rings (SSSR count). The van der Waals surface area contributed by atoms with Crippen LogP contribution in [0.15, 0.2) is 55.0 Å². The van der Waals surface area contributed by atoms with Gasteiger partial charge in [-0.05, 0) is 60.8 Å². The Morgan fingerprint density at radius 1 is 1.03 bits per heavy atom. The van der Waals surface area contributed by atoms with Crippen LogP contribution in [0.1, 0.15) is 16.7 Å². The average molecular weight is 442 g/mol. The Labute approximate surface area is 193 Å². The fraction of sp³-hybridized carbons (Fsp3) is 0.240. The van der Waals surface area contributed by atoms with Gasteiger partial charge < -0.3 is 20.7 Å². The van der Waals surface area contributed by atoms with Crippen molar-refractivity contribution in [3.05, 3.63) is 71.7 Å². The number of benzene rings is 2. The number of hydrogen-bond acceptors (Lipinski definition) is 7. The summed E-state index contributed by atoms with van der Waals surface area (Å²) in [7, 11) is 3.56. The number of ether oxygens (including phenoxy) is 1. The number of anilines is 4. The first kappa shape index (κ1) is 21.0. The maximum Gasteiger partial charge on any atom is 0.229 e. The van der Waals surface area contributed by atoms with Crippen LogP contribution in [-0.2, 0) is 20.0 Å². The van der Waals surface area contributed by atoms with Gasteiger partial charge in [-0.25, -0.2) is 4.98 Å². The lowest BCUT2D eigenvalue weighted by molar-refractivity contribution is 0.414. The topological polar surface area (TPSA) is 88.9 Å². The molecule has 3 heterocycles. The van der Waals surface area contributed by atoms with Crippen molar-refractivity contribution < 1.29 is 4.74 Å². The van der Waals surface area contributed by atoms with Gasteiger partial charge in [0.2, 0.25) is 5.95 Å². The van der Waals surface area contributed by atoms with Gasteiger partial charge in [0.05, 0.1) is 13.3 Å². The largest absolute Gasteiger partial charge is 0.497 e. The Kier molecular flexibility index (Phi) is 5.66. The molecule has 0 radical (unpaired) electrons. The van der Waals surface area contributed by atoms with Crippen molar-refractivity contribution in [2.24, 2.45) is 7.05 Å². The molecule has 0 aliphatic carbocycles. The van der Waals surface area contributed by atoms with Crippen LogP contribution >= 0.6 is 0 Å². The van der Waals surface area contributed by atoms with Crippen LogP contribution in [0.4, 0.5) is 23.1 Å². The molecule has 1 aliphatic rings. The van der Waals surface area contributed by atoms with E-state index in [4.69, 9.17) is 9.72 Å². The van der Waals surface area contributed by atoms with E-state index in [1.165, 1.54) is 11.1 Å². The van der Waals surface area contributed by atoms with Crippen molar-refractivity contribution in [3.8, 4) is 16.9 Å². The number of aryl methyl sites for hydroxylation is 2. The second kappa shape index (κ2) is 8.91.